The van der Waals surface area contributed by atoms with Crippen LogP contribution in [-0.2, 0) is 6.54 Å². The Labute approximate surface area is 152 Å². The van der Waals surface area contributed by atoms with Gasteiger partial charge in [-0.2, -0.15) is 5.10 Å². The first-order valence-electron chi connectivity index (χ1n) is 7.95. The molecule has 0 spiro atoms. The van der Waals surface area contributed by atoms with E-state index in [2.05, 4.69) is 27.9 Å². The number of nitrogens with zero attached hydrogens (tertiary/aromatic N) is 2. The fraction of sp³-hybridized carbons (Fsp3) is 0.158. The summed E-state index contributed by atoms with van der Waals surface area (Å²) in [5.41, 5.74) is 3.07. The molecule has 0 saturated heterocycles. The number of para-hydroxylation sites is 2. The highest BCUT2D eigenvalue weighted by atomic mass is 32.1. The Morgan fingerprint density at radius 1 is 1.08 bits per heavy atom. The molecule has 3 rings (SSSR count). The molecule has 25 heavy (non-hydrogen) atoms. The molecule has 1 heterocycles. The third-order valence-electron chi connectivity index (χ3n) is 3.75. The van der Waals surface area contributed by atoms with Crippen LogP contribution in [0.3, 0.4) is 0 Å². The van der Waals surface area contributed by atoms with Crippen LogP contribution in [0.4, 0.5) is 11.5 Å². The number of thiocarbonyl (C=S) groups is 1. The van der Waals surface area contributed by atoms with Gasteiger partial charge in [-0.1, -0.05) is 42.5 Å². The van der Waals surface area contributed by atoms with E-state index in [0.29, 0.717) is 10.9 Å². The fourth-order valence-corrected chi connectivity index (χ4v) is 2.72. The first kappa shape index (κ1) is 17.0. The van der Waals surface area contributed by atoms with E-state index in [9.17, 15) is 0 Å². The second-order valence-corrected chi connectivity index (χ2v) is 6.00. The predicted molar refractivity (Wildman–Crippen MR) is 105 cm³/mol. The Hall–Kier alpha value is -2.86. The number of methoxy groups -OCH3 is 1. The van der Waals surface area contributed by atoms with Crippen molar-refractivity contribution in [2.75, 3.05) is 17.7 Å². The average Bonchev–Trinajstić information content (AvgIpc) is 2.95. The molecule has 0 unspecified atom stereocenters. The van der Waals surface area contributed by atoms with E-state index in [4.69, 9.17) is 17.0 Å². The molecule has 0 bridgehead atoms. The molecule has 3 aromatic rings. The van der Waals surface area contributed by atoms with Crippen molar-refractivity contribution in [2.45, 2.75) is 13.5 Å². The lowest BCUT2D eigenvalue weighted by Crippen LogP contribution is -2.20. The Bertz CT molecular complexity index is 861. The molecular weight excluding hydrogens is 332 g/mol. The summed E-state index contributed by atoms with van der Waals surface area (Å²) >= 11 is 5.38. The van der Waals surface area contributed by atoms with E-state index in [1.54, 1.807) is 7.11 Å². The first-order valence-corrected chi connectivity index (χ1v) is 8.36. The van der Waals surface area contributed by atoms with Gasteiger partial charge in [0.15, 0.2) is 10.9 Å². The highest BCUT2D eigenvalue weighted by molar-refractivity contribution is 7.80. The van der Waals surface area contributed by atoms with E-state index in [-0.39, 0.29) is 0 Å². The highest BCUT2D eigenvalue weighted by Gasteiger charge is 2.08. The zero-order chi connectivity index (χ0) is 17.6. The van der Waals surface area contributed by atoms with Crippen LogP contribution in [0.5, 0.6) is 5.75 Å². The van der Waals surface area contributed by atoms with Crippen LogP contribution < -0.4 is 15.4 Å². The van der Waals surface area contributed by atoms with Gasteiger partial charge in [-0.15, -0.1) is 0 Å². The second kappa shape index (κ2) is 7.81. The lowest BCUT2D eigenvalue weighted by atomic mass is 10.2. The fourth-order valence-electron chi connectivity index (χ4n) is 2.51. The van der Waals surface area contributed by atoms with Crippen LogP contribution in [0.25, 0.3) is 0 Å². The number of hydrogen-bond donors (Lipinski definition) is 2. The minimum absolute atomic E-state index is 0.467. The molecule has 0 amide bonds. The lowest BCUT2D eigenvalue weighted by molar-refractivity contribution is 0.417. The summed E-state index contributed by atoms with van der Waals surface area (Å²) in [7, 11) is 1.63. The van der Waals surface area contributed by atoms with Gasteiger partial charge in [-0.25, -0.2) is 0 Å². The Morgan fingerprint density at radius 3 is 2.56 bits per heavy atom. The summed E-state index contributed by atoms with van der Waals surface area (Å²) in [6.07, 6.45) is 0. The summed E-state index contributed by atoms with van der Waals surface area (Å²) in [6.45, 7) is 2.75. The van der Waals surface area contributed by atoms with E-state index in [1.807, 2.05) is 60.1 Å². The van der Waals surface area contributed by atoms with Crippen molar-refractivity contribution in [2.24, 2.45) is 0 Å². The SMILES string of the molecule is COc1ccccc1NC(=S)Nc1cc(C)n(Cc2ccccc2)n1. The molecule has 0 aliphatic rings. The van der Waals surface area contributed by atoms with Crippen molar-refractivity contribution < 1.29 is 4.74 Å². The van der Waals surface area contributed by atoms with Gasteiger partial charge in [0.25, 0.3) is 0 Å². The van der Waals surface area contributed by atoms with Gasteiger partial charge >= 0.3 is 0 Å². The smallest absolute Gasteiger partial charge is 0.176 e. The zero-order valence-corrected chi connectivity index (χ0v) is 15.0. The van der Waals surface area contributed by atoms with E-state index >= 15 is 0 Å². The molecule has 5 nitrogen and oxygen atoms in total. The van der Waals surface area contributed by atoms with Crippen molar-refractivity contribution in [3.05, 3.63) is 71.9 Å². The van der Waals surface area contributed by atoms with E-state index in [0.717, 1.165) is 23.7 Å². The minimum Gasteiger partial charge on any atom is -0.495 e. The summed E-state index contributed by atoms with van der Waals surface area (Å²) in [5, 5.41) is 11.3. The third-order valence-corrected chi connectivity index (χ3v) is 3.96. The number of nitrogens with one attached hydrogen (secondary N) is 2. The maximum atomic E-state index is 5.38. The van der Waals surface area contributed by atoms with Crippen LogP contribution >= 0.6 is 12.2 Å². The van der Waals surface area contributed by atoms with Crippen molar-refractivity contribution in [1.82, 2.24) is 9.78 Å². The number of ether oxygens (including phenoxy) is 1. The third kappa shape index (κ3) is 4.36. The van der Waals surface area contributed by atoms with Crippen LogP contribution in [0.1, 0.15) is 11.3 Å². The van der Waals surface area contributed by atoms with Crippen LogP contribution in [0, 0.1) is 6.92 Å². The molecule has 0 aliphatic heterocycles. The normalized spacial score (nSPS) is 10.3. The molecule has 1 aromatic heterocycles. The highest BCUT2D eigenvalue weighted by Crippen LogP contribution is 2.23. The largest absolute Gasteiger partial charge is 0.495 e. The quantitative estimate of drug-likeness (QED) is 0.678. The molecule has 128 valence electrons. The molecule has 2 aromatic carbocycles. The zero-order valence-electron chi connectivity index (χ0n) is 14.2. The topological polar surface area (TPSA) is 51.1 Å². The summed E-state index contributed by atoms with van der Waals surface area (Å²) in [4.78, 5) is 0. The number of aryl methyl sites for hydroxylation is 1. The number of benzene rings is 2. The number of rotatable bonds is 5. The predicted octanol–water partition coefficient (Wildman–Crippen LogP) is 4.06. The molecule has 0 atom stereocenters. The Morgan fingerprint density at radius 2 is 1.80 bits per heavy atom. The van der Waals surface area contributed by atoms with Crippen molar-refractivity contribution in [3.63, 3.8) is 0 Å². The Kier molecular flexibility index (Phi) is 5.30. The van der Waals surface area contributed by atoms with Crippen LogP contribution in [0.2, 0.25) is 0 Å². The summed E-state index contributed by atoms with van der Waals surface area (Å²) in [5.74, 6) is 1.44. The molecule has 0 radical (unpaired) electrons. The monoisotopic (exact) mass is 352 g/mol. The minimum atomic E-state index is 0.467. The molecule has 2 N–H and O–H groups in total. The van der Waals surface area contributed by atoms with Gasteiger partial charge in [0.05, 0.1) is 19.3 Å². The van der Waals surface area contributed by atoms with Gasteiger partial charge in [0.2, 0.25) is 0 Å². The average molecular weight is 352 g/mol. The molecule has 0 fully saturated rings. The number of anilines is 2. The van der Waals surface area contributed by atoms with Gasteiger partial charge in [0, 0.05) is 11.8 Å². The number of aromatic nitrogens is 2. The molecule has 0 aliphatic carbocycles. The van der Waals surface area contributed by atoms with Crippen LogP contribution in [0.15, 0.2) is 60.7 Å². The molecule has 6 heteroatoms. The summed E-state index contributed by atoms with van der Waals surface area (Å²) < 4.78 is 7.26. The Balaban J connectivity index is 1.67. The van der Waals surface area contributed by atoms with Gasteiger partial charge in [-0.3, -0.25) is 4.68 Å². The van der Waals surface area contributed by atoms with Crippen molar-refractivity contribution in [1.29, 1.82) is 0 Å². The van der Waals surface area contributed by atoms with E-state index in [1.165, 1.54) is 5.56 Å². The van der Waals surface area contributed by atoms with Gasteiger partial charge in [-0.05, 0) is 36.8 Å². The lowest BCUT2D eigenvalue weighted by Gasteiger charge is -2.11. The second-order valence-electron chi connectivity index (χ2n) is 5.59. The standard InChI is InChI=1S/C19H20N4OS/c1-14-12-18(22-23(14)13-15-8-4-3-5-9-15)21-19(25)20-16-10-6-7-11-17(16)24-2/h3-12H,13H2,1-2H3,(H2,20,21,22,25). The maximum absolute atomic E-state index is 5.38. The van der Waals surface area contributed by atoms with Crippen molar-refractivity contribution >= 4 is 28.8 Å². The molecule has 0 saturated carbocycles. The van der Waals surface area contributed by atoms with Gasteiger partial charge in [0.1, 0.15) is 5.75 Å². The van der Waals surface area contributed by atoms with Gasteiger partial charge < -0.3 is 15.4 Å². The summed E-state index contributed by atoms with van der Waals surface area (Å²) in [6, 6.07) is 19.8. The maximum Gasteiger partial charge on any atom is 0.176 e. The van der Waals surface area contributed by atoms with Crippen LogP contribution in [-0.4, -0.2) is 22.0 Å². The van der Waals surface area contributed by atoms with Crippen molar-refractivity contribution in [3.8, 4) is 5.75 Å². The van der Waals surface area contributed by atoms with E-state index < -0.39 is 0 Å². The molecular formula is C19H20N4OS. The number of hydrogen-bond acceptors (Lipinski definition) is 3. The first-order chi connectivity index (χ1) is 12.2.